The number of amides is 2. The third-order valence-electron chi connectivity index (χ3n) is 5.83. The summed E-state index contributed by atoms with van der Waals surface area (Å²) in [6.07, 6.45) is 2.86. The third kappa shape index (κ3) is 3.79. The number of nitrogens with zero attached hydrogens (tertiary/aromatic N) is 2. The van der Waals surface area contributed by atoms with Crippen molar-refractivity contribution >= 4 is 38.3 Å². The van der Waals surface area contributed by atoms with Gasteiger partial charge in [-0.25, -0.2) is 9.78 Å². The molecule has 152 valence electrons. The van der Waals surface area contributed by atoms with Crippen molar-refractivity contribution in [2.24, 2.45) is 5.92 Å². The van der Waals surface area contributed by atoms with E-state index >= 15 is 0 Å². The number of urea groups is 1. The molecule has 0 saturated heterocycles. The smallest absolute Gasteiger partial charge is 0.308 e. The number of fused-ring (bicyclic) bond motifs is 2. The number of anilines is 2. The quantitative estimate of drug-likeness (QED) is 0.624. The van der Waals surface area contributed by atoms with E-state index in [0.717, 1.165) is 41.9 Å². The van der Waals surface area contributed by atoms with Crippen LogP contribution < -0.4 is 16.2 Å². The highest BCUT2D eigenvalue weighted by atomic mass is 32.1. The molecule has 7 heteroatoms. The molecule has 0 saturated carbocycles. The molecule has 0 radical (unpaired) electrons. The Morgan fingerprint density at radius 1 is 1.17 bits per heavy atom. The Hall–Kier alpha value is -2.67. The predicted molar refractivity (Wildman–Crippen MR) is 119 cm³/mol. The fourth-order valence-electron chi connectivity index (χ4n) is 3.75. The molecule has 0 unspecified atom stereocenters. The first-order valence-corrected chi connectivity index (χ1v) is 10.8. The number of thiophene rings is 1. The van der Waals surface area contributed by atoms with Gasteiger partial charge in [-0.3, -0.25) is 14.7 Å². The number of nitrogens with one attached hydrogen (secondary N) is 2. The van der Waals surface area contributed by atoms with Crippen LogP contribution in [0.4, 0.5) is 15.5 Å². The maximum atomic E-state index is 13.1. The summed E-state index contributed by atoms with van der Waals surface area (Å²) < 4.78 is 1.82. The van der Waals surface area contributed by atoms with Crippen molar-refractivity contribution in [2.45, 2.75) is 53.5 Å². The molecule has 2 N–H and O–H groups in total. The Morgan fingerprint density at radius 3 is 2.72 bits per heavy atom. The molecule has 2 amide bonds. The molecule has 29 heavy (non-hydrogen) atoms. The first-order chi connectivity index (χ1) is 13.8. The highest BCUT2D eigenvalue weighted by Gasteiger charge is 2.21. The number of aromatic nitrogens is 2. The maximum absolute atomic E-state index is 13.1. The summed E-state index contributed by atoms with van der Waals surface area (Å²) in [5.41, 5.74) is 3.83. The van der Waals surface area contributed by atoms with E-state index < -0.39 is 0 Å². The Morgan fingerprint density at radius 2 is 1.97 bits per heavy atom. The van der Waals surface area contributed by atoms with Gasteiger partial charge in [-0.1, -0.05) is 24.3 Å². The number of hydrogen-bond donors (Lipinski definition) is 2. The van der Waals surface area contributed by atoms with E-state index in [1.54, 1.807) is 0 Å². The van der Waals surface area contributed by atoms with Crippen molar-refractivity contribution in [1.29, 1.82) is 0 Å². The van der Waals surface area contributed by atoms with E-state index in [9.17, 15) is 9.59 Å². The lowest BCUT2D eigenvalue weighted by Crippen LogP contribution is -2.24. The Bertz CT molecular complexity index is 1160. The van der Waals surface area contributed by atoms with Gasteiger partial charge in [0.2, 0.25) is 0 Å². The highest BCUT2D eigenvalue weighted by molar-refractivity contribution is 7.22. The minimum absolute atomic E-state index is 0.00969. The van der Waals surface area contributed by atoms with Crippen LogP contribution in [0.2, 0.25) is 0 Å². The Kier molecular flexibility index (Phi) is 5.17. The molecule has 0 spiro atoms. The Labute approximate surface area is 174 Å². The lowest BCUT2D eigenvalue weighted by Gasteiger charge is -2.09. The van der Waals surface area contributed by atoms with Crippen LogP contribution in [0.1, 0.15) is 42.3 Å². The van der Waals surface area contributed by atoms with E-state index in [1.165, 1.54) is 16.9 Å². The number of hydrogen-bond acceptors (Lipinski definition) is 4. The van der Waals surface area contributed by atoms with Crippen LogP contribution in [-0.2, 0) is 13.0 Å². The second-order valence-corrected chi connectivity index (χ2v) is 9.03. The molecule has 2 aromatic heterocycles. The van der Waals surface area contributed by atoms with Crippen molar-refractivity contribution in [1.82, 2.24) is 9.55 Å². The Balaban J connectivity index is 1.62. The summed E-state index contributed by atoms with van der Waals surface area (Å²) >= 11 is 1.37. The molecular formula is C22H26N4O2S. The molecule has 1 atom stereocenters. The topological polar surface area (TPSA) is 76.0 Å². The summed E-state index contributed by atoms with van der Waals surface area (Å²) in [6.45, 7) is 8.86. The molecule has 4 rings (SSSR count). The number of carbonyl (C=O) groups is 1. The number of benzene rings is 1. The summed E-state index contributed by atoms with van der Waals surface area (Å²) in [4.78, 5) is 31.1. The van der Waals surface area contributed by atoms with Crippen LogP contribution in [0.25, 0.3) is 10.2 Å². The van der Waals surface area contributed by atoms with Gasteiger partial charge in [0.25, 0.3) is 5.56 Å². The summed E-state index contributed by atoms with van der Waals surface area (Å²) in [5, 5.41) is 7.05. The summed E-state index contributed by atoms with van der Waals surface area (Å²) in [7, 11) is 0. The highest BCUT2D eigenvalue weighted by Crippen LogP contribution is 2.33. The molecule has 1 aliphatic rings. The standard InChI is InChI=1S/C22H26N4O2S/c1-12-5-8-17-24-20-18(21(27)26(17)10-9-12)15(4)19(29-20)25-22(28)23-16-7-6-13(2)14(3)11-16/h6-7,11-12H,5,8-10H2,1-4H3,(H2,23,25,28)/t12-/m0/s1. The molecule has 0 bridgehead atoms. The van der Waals surface area contributed by atoms with Crippen molar-refractivity contribution < 1.29 is 4.79 Å². The first kappa shape index (κ1) is 19.6. The van der Waals surface area contributed by atoms with E-state index in [1.807, 2.05) is 43.5 Å². The van der Waals surface area contributed by atoms with E-state index in [-0.39, 0.29) is 11.6 Å². The molecule has 3 aromatic rings. The van der Waals surface area contributed by atoms with Gasteiger partial charge in [-0.15, -0.1) is 0 Å². The lowest BCUT2D eigenvalue weighted by molar-refractivity contribution is 0.262. The average Bonchev–Trinajstić information content (AvgIpc) is 2.84. The van der Waals surface area contributed by atoms with Gasteiger partial charge in [0.1, 0.15) is 15.7 Å². The van der Waals surface area contributed by atoms with E-state index in [4.69, 9.17) is 4.98 Å². The number of rotatable bonds is 2. The zero-order valence-corrected chi connectivity index (χ0v) is 18.1. The van der Waals surface area contributed by atoms with E-state index in [2.05, 4.69) is 17.6 Å². The second-order valence-electron chi connectivity index (χ2n) is 8.03. The zero-order valence-electron chi connectivity index (χ0n) is 17.3. The molecule has 6 nitrogen and oxygen atoms in total. The van der Waals surface area contributed by atoms with Crippen molar-refractivity contribution in [3.63, 3.8) is 0 Å². The molecule has 0 aliphatic carbocycles. The maximum Gasteiger partial charge on any atom is 0.324 e. The lowest BCUT2D eigenvalue weighted by atomic mass is 10.0. The van der Waals surface area contributed by atoms with Gasteiger partial charge in [-0.2, -0.15) is 0 Å². The average molecular weight is 411 g/mol. The van der Waals surface area contributed by atoms with E-state index in [0.29, 0.717) is 27.7 Å². The van der Waals surface area contributed by atoms with Gasteiger partial charge in [0.05, 0.1) is 5.39 Å². The molecule has 1 aromatic carbocycles. The largest absolute Gasteiger partial charge is 0.324 e. The first-order valence-electron chi connectivity index (χ1n) is 10.0. The van der Waals surface area contributed by atoms with Crippen LogP contribution in [0.15, 0.2) is 23.0 Å². The minimum Gasteiger partial charge on any atom is -0.308 e. The number of aryl methyl sites for hydroxylation is 4. The SMILES string of the molecule is Cc1ccc(NC(=O)Nc2sc3nc4n(c(=O)c3c2C)CC[C@@H](C)CC4)cc1C. The monoisotopic (exact) mass is 410 g/mol. The van der Waals surface area contributed by atoms with Gasteiger partial charge in [0, 0.05) is 18.7 Å². The fourth-order valence-corrected chi connectivity index (χ4v) is 4.84. The van der Waals surface area contributed by atoms with Crippen molar-refractivity contribution in [3.8, 4) is 0 Å². The molecule has 3 heterocycles. The fraction of sp³-hybridized carbons (Fsp3) is 0.409. The van der Waals surface area contributed by atoms with Crippen molar-refractivity contribution in [3.05, 3.63) is 51.1 Å². The minimum atomic E-state index is -0.321. The van der Waals surface area contributed by atoms with Crippen molar-refractivity contribution in [2.75, 3.05) is 10.6 Å². The van der Waals surface area contributed by atoms with Gasteiger partial charge >= 0.3 is 6.03 Å². The van der Waals surface area contributed by atoms with Gasteiger partial charge < -0.3 is 5.32 Å². The summed E-state index contributed by atoms with van der Waals surface area (Å²) in [6, 6.07) is 5.48. The van der Waals surface area contributed by atoms with Crippen LogP contribution >= 0.6 is 11.3 Å². The van der Waals surface area contributed by atoms with Gasteiger partial charge in [0.15, 0.2) is 0 Å². The third-order valence-corrected chi connectivity index (χ3v) is 6.93. The second kappa shape index (κ2) is 7.63. The normalized spacial score (nSPS) is 16.3. The van der Waals surface area contributed by atoms with Gasteiger partial charge in [-0.05, 0) is 68.4 Å². The molecular weight excluding hydrogens is 384 g/mol. The molecule has 0 fully saturated rings. The van der Waals surface area contributed by atoms with Crippen LogP contribution in [0.3, 0.4) is 0 Å². The van der Waals surface area contributed by atoms with Crippen LogP contribution in [0, 0.1) is 26.7 Å². The van der Waals surface area contributed by atoms with Crippen LogP contribution in [-0.4, -0.2) is 15.6 Å². The number of carbonyl (C=O) groups excluding carboxylic acids is 1. The summed E-state index contributed by atoms with van der Waals surface area (Å²) in [5.74, 6) is 1.46. The predicted octanol–water partition coefficient (Wildman–Crippen LogP) is 5.00. The van der Waals surface area contributed by atoms with Crippen LogP contribution in [0.5, 0.6) is 0 Å². The molecule has 1 aliphatic heterocycles. The zero-order chi connectivity index (χ0) is 20.7.